The number of hydrogen-bond donors (Lipinski definition) is 1. The van der Waals surface area contributed by atoms with Gasteiger partial charge < -0.3 is 0 Å². The Morgan fingerprint density at radius 2 is 0.478 bits per heavy atom. The van der Waals surface area contributed by atoms with Crippen LogP contribution < -0.4 is 0 Å². The Morgan fingerprint density at radius 3 is 0.674 bits per heavy atom. The summed E-state index contributed by atoms with van der Waals surface area (Å²) < 4.78 is -0.496. The number of rotatable bonds is 0. The van der Waals surface area contributed by atoms with E-state index < -0.39 is 4.75 Å². The average Bonchev–Trinajstić information content (AvgIpc) is 2.97. The van der Waals surface area contributed by atoms with E-state index >= 15 is 0 Å². The molecule has 0 fully saturated rings. The Labute approximate surface area is 286 Å². The van der Waals surface area contributed by atoms with Gasteiger partial charge in [0.1, 0.15) is 0 Å². The van der Waals surface area contributed by atoms with Crippen molar-refractivity contribution in [3.05, 3.63) is 103 Å². The van der Waals surface area contributed by atoms with Crippen LogP contribution in [0.5, 0.6) is 0 Å². The smallest absolute Gasteiger partial charge is 0.0887 e. The Kier molecular flexibility index (Phi) is 5.84. The normalized spacial score (nSPS) is 30.7. The summed E-state index contributed by atoms with van der Waals surface area (Å²) in [6.07, 6.45) is 7.37. The Morgan fingerprint density at radius 1 is 0.304 bits per heavy atom. The van der Waals surface area contributed by atoms with Gasteiger partial charge in [0, 0.05) is 5.41 Å². The van der Waals surface area contributed by atoms with Crippen molar-refractivity contribution >= 4 is 12.6 Å². The van der Waals surface area contributed by atoms with E-state index in [9.17, 15) is 0 Å². The molecule has 0 amide bonds. The molecule has 0 saturated heterocycles. The minimum absolute atomic E-state index is 0.150. The van der Waals surface area contributed by atoms with Crippen LogP contribution in [0.15, 0.2) is 36.4 Å². The molecule has 0 atom stereocenters. The SMILES string of the molecule is CC1(C)CCC(C)(C)c2cc3c(cc21)C1(C)c2cc4c(cc2C3(S)c2cc3c(cc21)C(C)(C)CCC3(C)C)C(C)(C)CCC4(C)C. The second-order valence-electron chi connectivity index (χ2n) is 20.5. The number of fused-ring (bicyclic) bond motifs is 3. The van der Waals surface area contributed by atoms with E-state index in [2.05, 4.69) is 126 Å². The van der Waals surface area contributed by atoms with Gasteiger partial charge in [0.25, 0.3) is 0 Å². The van der Waals surface area contributed by atoms with Crippen LogP contribution >= 0.6 is 12.6 Å². The summed E-state index contributed by atoms with van der Waals surface area (Å²) in [5.74, 6) is 0. The topological polar surface area (TPSA) is 0 Å². The van der Waals surface area contributed by atoms with Gasteiger partial charge in [0.2, 0.25) is 0 Å². The van der Waals surface area contributed by atoms with Crippen molar-refractivity contribution in [1.82, 2.24) is 0 Å². The molecular weight excluding hydrogens is 573 g/mol. The first-order valence-electron chi connectivity index (χ1n) is 18.3. The number of thiol groups is 1. The van der Waals surface area contributed by atoms with Crippen molar-refractivity contribution in [2.75, 3.05) is 0 Å². The lowest BCUT2D eigenvalue weighted by atomic mass is 9.49. The highest BCUT2D eigenvalue weighted by Crippen LogP contribution is 2.67. The van der Waals surface area contributed by atoms with Crippen LogP contribution in [-0.4, -0.2) is 0 Å². The van der Waals surface area contributed by atoms with Crippen molar-refractivity contribution in [1.29, 1.82) is 0 Å². The first-order valence-corrected chi connectivity index (χ1v) is 18.8. The first kappa shape index (κ1) is 31.3. The third-order valence-electron chi connectivity index (χ3n) is 14.8. The monoisotopic (exact) mass is 630 g/mol. The summed E-state index contributed by atoms with van der Waals surface area (Å²) in [5, 5.41) is 0. The number of hydrogen-bond acceptors (Lipinski definition) is 1. The number of benzene rings is 3. The van der Waals surface area contributed by atoms with Crippen molar-refractivity contribution in [3.63, 3.8) is 0 Å². The molecule has 0 nitrogen and oxygen atoms in total. The van der Waals surface area contributed by atoms with Crippen LogP contribution in [0, 0.1) is 0 Å². The molecule has 9 rings (SSSR count). The average molecular weight is 631 g/mol. The molecule has 0 saturated carbocycles. The third-order valence-corrected chi connectivity index (χ3v) is 15.5. The molecule has 0 aromatic heterocycles. The lowest BCUT2D eigenvalue weighted by Gasteiger charge is -2.57. The summed E-state index contributed by atoms with van der Waals surface area (Å²) in [5.41, 5.74) is 18.9. The molecule has 0 unspecified atom stereocenters. The van der Waals surface area contributed by atoms with Gasteiger partial charge in [0.05, 0.1) is 4.75 Å². The molecule has 3 aromatic carbocycles. The Hall–Kier alpha value is -1.99. The summed E-state index contributed by atoms with van der Waals surface area (Å²) in [4.78, 5) is 0. The first-order chi connectivity index (χ1) is 21.0. The standard InChI is InChI=1S/C45H58S/c1-38(2)14-17-41(7,8)29-23-35-32(20-26(29)38)44(13)33-21-27-30(42(9,10)18-15-39(27,3)4)24-36(33)45(35,46)37-25-31-28(22-34(37)44)40(5,6)16-19-43(31,11)12/h20-25,46H,14-19H2,1-13H3. The van der Waals surface area contributed by atoms with E-state index in [0.717, 1.165) is 0 Å². The van der Waals surface area contributed by atoms with Crippen LogP contribution in [0.1, 0.15) is 195 Å². The summed E-state index contributed by atoms with van der Waals surface area (Å²) in [7, 11) is 0. The molecule has 244 valence electrons. The summed E-state index contributed by atoms with van der Waals surface area (Å²) >= 11 is 6.07. The van der Waals surface area contributed by atoms with Gasteiger partial charge in [-0.1, -0.05) is 119 Å². The molecule has 1 heteroatoms. The van der Waals surface area contributed by atoms with E-state index in [0.29, 0.717) is 0 Å². The zero-order valence-corrected chi connectivity index (χ0v) is 32.0. The largest absolute Gasteiger partial charge is 0.158 e. The highest BCUT2D eigenvalue weighted by Gasteiger charge is 2.59. The van der Waals surface area contributed by atoms with Gasteiger partial charge in [-0.3, -0.25) is 0 Å². The van der Waals surface area contributed by atoms with E-state index in [1.807, 2.05) is 0 Å². The molecule has 46 heavy (non-hydrogen) atoms. The van der Waals surface area contributed by atoms with Gasteiger partial charge in [-0.25, -0.2) is 0 Å². The van der Waals surface area contributed by atoms with Crippen molar-refractivity contribution < 1.29 is 0 Å². The zero-order chi connectivity index (χ0) is 33.4. The second-order valence-corrected chi connectivity index (χ2v) is 21.1. The fourth-order valence-electron chi connectivity index (χ4n) is 10.9. The van der Waals surface area contributed by atoms with Crippen LogP contribution in [0.3, 0.4) is 0 Å². The van der Waals surface area contributed by atoms with Crippen molar-refractivity contribution in [2.24, 2.45) is 0 Å². The summed E-state index contributed by atoms with van der Waals surface area (Å²) in [6, 6.07) is 16.0. The maximum absolute atomic E-state index is 6.07. The van der Waals surface area contributed by atoms with E-state index in [1.165, 1.54) is 71.9 Å². The molecule has 6 aliphatic carbocycles. The predicted octanol–water partition coefficient (Wildman–Crippen LogP) is 11.9. The molecular formula is C45H58S. The Bertz CT molecular complexity index is 1520. The van der Waals surface area contributed by atoms with Gasteiger partial charge >= 0.3 is 0 Å². The van der Waals surface area contributed by atoms with Crippen LogP contribution in [0.2, 0.25) is 0 Å². The maximum Gasteiger partial charge on any atom is 0.0887 e. The third kappa shape index (κ3) is 3.66. The molecule has 2 bridgehead atoms. The second kappa shape index (κ2) is 8.59. The molecule has 0 N–H and O–H groups in total. The fraction of sp³-hybridized carbons (Fsp3) is 0.600. The van der Waals surface area contributed by atoms with E-state index in [4.69, 9.17) is 12.6 Å². The van der Waals surface area contributed by atoms with E-state index in [1.54, 1.807) is 33.4 Å². The van der Waals surface area contributed by atoms with Gasteiger partial charge in [-0.15, -0.1) is 0 Å². The van der Waals surface area contributed by atoms with Gasteiger partial charge in [0.15, 0.2) is 0 Å². The molecule has 0 spiro atoms. The van der Waals surface area contributed by atoms with Gasteiger partial charge in [-0.05, 0) is 145 Å². The minimum atomic E-state index is -0.496. The molecule has 0 heterocycles. The zero-order valence-electron chi connectivity index (χ0n) is 31.2. The highest BCUT2D eigenvalue weighted by atomic mass is 32.1. The minimum Gasteiger partial charge on any atom is -0.158 e. The van der Waals surface area contributed by atoms with E-state index in [-0.39, 0.29) is 37.9 Å². The lowest BCUT2D eigenvalue weighted by molar-refractivity contribution is 0.326. The Balaban J connectivity index is 1.54. The lowest BCUT2D eigenvalue weighted by Crippen LogP contribution is -2.50. The van der Waals surface area contributed by atoms with Crippen molar-refractivity contribution in [2.45, 2.75) is 171 Å². The predicted molar refractivity (Wildman–Crippen MR) is 200 cm³/mol. The molecule has 3 aromatic rings. The quantitative estimate of drug-likeness (QED) is 0.235. The fourth-order valence-corrected chi connectivity index (χ4v) is 11.4. The van der Waals surface area contributed by atoms with Crippen LogP contribution in [0.4, 0.5) is 0 Å². The molecule has 6 aliphatic rings. The molecule has 0 aliphatic heterocycles. The van der Waals surface area contributed by atoms with Crippen molar-refractivity contribution in [3.8, 4) is 0 Å². The van der Waals surface area contributed by atoms with Gasteiger partial charge in [-0.2, -0.15) is 12.6 Å². The van der Waals surface area contributed by atoms with Crippen LogP contribution in [-0.2, 0) is 42.7 Å². The maximum atomic E-state index is 6.07. The highest BCUT2D eigenvalue weighted by molar-refractivity contribution is 7.81. The molecule has 0 radical (unpaired) electrons. The van der Waals surface area contributed by atoms with Crippen LogP contribution in [0.25, 0.3) is 0 Å². The summed E-state index contributed by atoms with van der Waals surface area (Å²) in [6.45, 7) is 32.4.